The van der Waals surface area contributed by atoms with E-state index in [1.807, 2.05) is 37.3 Å². The molecule has 78 valence electrons. The Hall–Kier alpha value is -1.77. The molecular weight excluding hydrogens is 190 g/mol. The van der Waals surface area contributed by atoms with Crippen LogP contribution in [0.3, 0.4) is 0 Å². The average Bonchev–Trinajstić information content (AvgIpc) is 2.28. The first-order valence-electron chi connectivity index (χ1n) is 5.07. The highest BCUT2D eigenvalue weighted by Gasteiger charge is 2.01. The molecule has 3 nitrogen and oxygen atoms in total. The minimum absolute atomic E-state index is 0.123. The van der Waals surface area contributed by atoms with E-state index in [2.05, 4.69) is 0 Å². The zero-order valence-electron chi connectivity index (χ0n) is 8.64. The van der Waals surface area contributed by atoms with Crippen LogP contribution in [0, 0.1) is 0 Å². The summed E-state index contributed by atoms with van der Waals surface area (Å²) in [7, 11) is 0. The molecule has 0 fully saturated rings. The highest BCUT2D eigenvalue weighted by atomic mass is 16.7. The molecule has 0 saturated heterocycles. The SMILES string of the molecule is CCCOn1c(=O)ccc2ccccc21. The minimum atomic E-state index is -0.123. The highest BCUT2D eigenvalue weighted by molar-refractivity contribution is 5.78. The van der Waals surface area contributed by atoms with Crippen molar-refractivity contribution < 1.29 is 4.84 Å². The van der Waals surface area contributed by atoms with Crippen molar-refractivity contribution >= 4 is 10.9 Å². The van der Waals surface area contributed by atoms with Gasteiger partial charge < -0.3 is 4.84 Å². The van der Waals surface area contributed by atoms with Crippen molar-refractivity contribution in [2.24, 2.45) is 0 Å². The first kappa shape index (κ1) is 9.77. The number of rotatable bonds is 3. The van der Waals surface area contributed by atoms with Gasteiger partial charge in [-0.1, -0.05) is 25.1 Å². The molecule has 1 aromatic heterocycles. The Kier molecular flexibility index (Phi) is 2.72. The van der Waals surface area contributed by atoms with E-state index >= 15 is 0 Å². The van der Waals surface area contributed by atoms with E-state index in [1.54, 1.807) is 0 Å². The first-order chi connectivity index (χ1) is 7.33. The summed E-state index contributed by atoms with van der Waals surface area (Å²) in [5.41, 5.74) is 0.695. The standard InChI is InChI=1S/C12H13NO2/c1-2-9-15-13-11-6-4-3-5-10(11)7-8-12(13)14/h3-8H,2,9H2,1H3. The lowest BCUT2D eigenvalue weighted by atomic mass is 10.2. The lowest BCUT2D eigenvalue weighted by molar-refractivity contribution is 0.113. The van der Waals surface area contributed by atoms with E-state index in [0.717, 1.165) is 17.3 Å². The second-order valence-electron chi connectivity index (χ2n) is 3.36. The Morgan fingerprint density at radius 2 is 2.00 bits per heavy atom. The maximum atomic E-state index is 11.6. The molecule has 0 radical (unpaired) electrons. The zero-order valence-corrected chi connectivity index (χ0v) is 8.64. The van der Waals surface area contributed by atoms with Crippen molar-refractivity contribution in [1.82, 2.24) is 4.73 Å². The fourth-order valence-electron chi connectivity index (χ4n) is 1.48. The molecule has 2 rings (SSSR count). The summed E-state index contributed by atoms with van der Waals surface area (Å²) in [6, 6.07) is 11.0. The predicted molar refractivity (Wildman–Crippen MR) is 59.9 cm³/mol. The zero-order chi connectivity index (χ0) is 10.7. The van der Waals surface area contributed by atoms with E-state index in [0.29, 0.717) is 6.61 Å². The molecule has 2 aromatic rings. The molecule has 3 heteroatoms. The van der Waals surface area contributed by atoms with Gasteiger partial charge in [0, 0.05) is 11.5 Å². The van der Waals surface area contributed by atoms with E-state index in [1.165, 1.54) is 10.8 Å². The van der Waals surface area contributed by atoms with Gasteiger partial charge in [-0.2, -0.15) is 0 Å². The molecule has 0 spiro atoms. The molecule has 0 amide bonds. The van der Waals surface area contributed by atoms with Crippen LogP contribution in [-0.2, 0) is 0 Å². The fraction of sp³-hybridized carbons (Fsp3) is 0.250. The number of aromatic nitrogens is 1. The van der Waals surface area contributed by atoms with Crippen LogP contribution in [0.2, 0.25) is 0 Å². The van der Waals surface area contributed by atoms with E-state index in [4.69, 9.17) is 4.84 Å². The van der Waals surface area contributed by atoms with Gasteiger partial charge in [-0.25, -0.2) is 0 Å². The van der Waals surface area contributed by atoms with Crippen LogP contribution in [0.4, 0.5) is 0 Å². The molecule has 0 aliphatic heterocycles. The second kappa shape index (κ2) is 4.17. The number of benzene rings is 1. The van der Waals surface area contributed by atoms with E-state index in [9.17, 15) is 4.79 Å². The van der Waals surface area contributed by atoms with Crippen LogP contribution in [0.5, 0.6) is 0 Å². The molecule has 0 aliphatic carbocycles. The molecule has 0 unspecified atom stereocenters. The molecular formula is C12H13NO2. The number of hydrogen-bond donors (Lipinski definition) is 0. The van der Waals surface area contributed by atoms with Crippen LogP contribution in [0.25, 0.3) is 10.9 Å². The lowest BCUT2D eigenvalue weighted by Crippen LogP contribution is -2.26. The number of hydrogen-bond acceptors (Lipinski definition) is 2. The fourth-order valence-corrected chi connectivity index (χ4v) is 1.48. The lowest BCUT2D eigenvalue weighted by Gasteiger charge is -2.09. The van der Waals surface area contributed by atoms with Crippen molar-refractivity contribution in [3.63, 3.8) is 0 Å². The Balaban J connectivity index is 2.58. The van der Waals surface area contributed by atoms with Crippen molar-refractivity contribution in [3.8, 4) is 0 Å². The number of para-hydroxylation sites is 1. The Morgan fingerprint density at radius 1 is 1.20 bits per heavy atom. The third-order valence-electron chi connectivity index (χ3n) is 2.19. The third-order valence-corrected chi connectivity index (χ3v) is 2.19. The van der Waals surface area contributed by atoms with Gasteiger partial charge in [-0.3, -0.25) is 4.79 Å². The second-order valence-corrected chi connectivity index (χ2v) is 3.36. The smallest absolute Gasteiger partial charge is 0.283 e. The van der Waals surface area contributed by atoms with Gasteiger partial charge in [-0.05, 0) is 18.6 Å². The van der Waals surface area contributed by atoms with Crippen LogP contribution in [0.1, 0.15) is 13.3 Å². The van der Waals surface area contributed by atoms with Crippen molar-refractivity contribution in [2.45, 2.75) is 13.3 Å². The summed E-state index contributed by atoms with van der Waals surface area (Å²) < 4.78 is 1.36. The predicted octanol–water partition coefficient (Wildman–Crippen LogP) is 1.84. The summed E-state index contributed by atoms with van der Waals surface area (Å²) in [6.45, 7) is 2.56. The van der Waals surface area contributed by atoms with Gasteiger partial charge in [0.1, 0.15) is 6.61 Å². The highest BCUT2D eigenvalue weighted by Crippen LogP contribution is 2.09. The van der Waals surface area contributed by atoms with Gasteiger partial charge in [-0.15, -0.1) is 4.73 Å². The van der Waals surface area contributed by atoms with Crippen molar-refractivity contribution in [1.29, 1.82) is 0 Å². The normalized spacial score (nSPS) is 10.5. The van der Waals surface area contributed by atoms with E-state index < -0.39 is 0 Å². The van der Waals surface area contributed by atoms with E-state index in [-0.39, 0.29) is 5.56 Å². The molecule has 0 atom stereocenters. The number of fused-ring (bicyclic) bond motifs is 1. The largest absolute Gasteiger partial charge is 0.410 e. The Bertz CT molecular complexity index is 516. The summed E-state index contributed by atoms with van der Waals surface area (Å²) >= 11 is 0. The van der Waals surface area contributed by atoms with Crippen LogP contribution in [0.15, 0.2) is 41.2 Å². The quantitative estimate of drug-likeness (QED) is 0.762. The summed E-state index contributed by atoms with van der Waals surface area (Å²) in [5, 5.41) is 1.01. The number of pyridine rings is 1. The van der Waals surface area contributed by atoms with Gasteiger partial charge in [0.15, 0.2) is 0 Å². The summed E-state index contributed by atoms with van der Waals surface area (Å²) in [6.07, 6.45) is 0.885. The molecule has 0 saturated carbocycles. The topological polar surface area (TPSA) is 31.2 Å². The van der Waals surface area contributed by atoms with Crippen molar-refractivity contribution in [2.75, 3.05) is 6.61 Å². The molecule has 0 N–H and O–H groups in total. The average molecular weight is 203 g/mol. The van der Waals surface area contributed by atoms with Crippen LogP contribution < -0.4 is 10.4 Å². The molecule has 1 aromatic carbocycles. The Morgan fingerprint density at radius 3 is 2.80 bits per heavy atom. The summed E-state index contributed by atoms with van der Waals surface area (Å²) in [4.78, 5) is 17.0. The Labute approximate surface area is 87.9 Å². The van der Waals surface area contributed by atoms with Gasteiger partial charge in [0.25, 0.3) is 5.56 Å². The first-order valence-corrected chi connectivity index (χ1v) is 5.07. The monoisotopic (exact) mass is 203 g/mol. The molecule has 15 heavy (non-hydrogen) atoms. The van der Waals surface area contributed by atoms with Crippen molar-refractivity contribution in [3.05, 3.63) is 46.8 Å². The molecule has 0 aliphatic rings. The molecule has 1 heterocycles. The molecule has 0 bridgehead atoms. The summed E-state index contributed by atoms with van der Waals surface area (Å²) in [5.74, 6) is 0. The van der Waals surface area contributed by atoms with Crippen LogP contribution in [-0.4, -0.2) is 11.3 Å². The maximum Gasteiger partial charge on any atom is 0.283 e. The van der Waals surface area contributed by atoms with Gasteiger partial charge >= 0.3 is 0 Å². The maximum absolute atomic E-state index is 11.6. The van der Waals surface area contributed by atoms with Gasteiger partial charge in [0.05, 0.1) is 5.52 Å². The number of nitrogens with zero attached hydrogens (tertiary/aromatic N) is 1. The van der Waals surface area contributed by atoms with Gasteiger partial charge in [0.2, 0.25) is 0 Å². The van der Waals surface area contributed by atoms with Crippen LogP contribution >= 0.6 is 0 Å². The third kappa shape index (κ3) is 1.86. The minimum Gasteiger partial charge on any atom is -0.410 e.